The molecule has 0 spiro atoms. The van der Waals surface area contributed by atoms with E-state index in [1.54, 1.807) is 0 Å². The van der Waals surface area contributed by atoms with Crippen LogP contribution < -0.4 is 0 Å². The van der Waals surface area contributed by atoms with E-state index in [0.29, 0.717) is 12.2 Å². The summed E-state index contributed by atoms with van der Waals surface area (Å²) in [6.07, 6.45) is 8.66. The molecule has 0 amide bonds. The van der Waals surface area contributed by atoms with Crippen LogP contribution in [0.15, 0.2) is 0 Å². The minimum atomic E-state index is 0.278. The van der Waals surface area contributed by atoms with Crippen LogP contribution in [0.4, 0.5) is 0 Å². The van der Waals surface area contributed by atoms with E-state index in [0.717, 1.165) is 26.3 Å². The highest BCUT2D eigenvalue weighted by atomic mass is 16.5. The summed E-state index contributed by atoms with van der Waals surface area (Å²) in [4.78, 5) is 5.21. The van der Waals surface area contributed by atoms with E-state index in [-0.39, 0.29) is 5.54 Å². The topological polar surface area (TPSA) is 24.9 Å². The monoisotopic (exact) mass is 310 g/mol. The Balaban J connectivity index is 1.42. The van der Waals surface area contributed by atoms with E-state index < -0.39 is 0 Å². The summed E-state index contributed by atoms with van der Waals surface area (Å²) in [7, 11) is 0. The van der Waals surface area contributed by atoms with Crippen molar-refractivity contribution in [2.45, 2.75) is 70.1 Å². The molecule has 0 bridgehead atoms. The minimum absolute atomic E-state index is 0.278. The lowest BCUT2D eigenvalue weighted by atomic mass is 9.94. The predicted molar refractivity (Wildman–Crippen MR) is 89.3 cm³/mol. The van der Waals surface area contributed by atoms with Crippen LogP contribution in [-0.4, -0.2) is 73.5 Å². The molecule has 22 heavy (non-hydrogen) atoms. The third-order valence-corrected chi connectivity index (χ3v) is 5.67. The van der Waals surface area contributed by atoms with Crippen molar-refractivity contribution in [2.24, 2.45) is 0 Å². The average Bonchev–Trinajstić information content (AvgIpc) is 3.03. The summed E-state index contributed by atoms with van der Waals surface area (Å²) in [6, 6.07) is 0. The molecule has 1 unspecified atom stereocenters. The molecule has 0 radical (unpaired) electrons. The van der Waals surface area contributed by atoms with Crippen molar-refractivity contribution in [3.05, 3.63) is 0 Å². The van der Waals surface area contributed by atoms with E-state index in [1.807, 2.05) is 0 Å². The van der Waals surface area contributed by atoms with Crippen molar-refractivity contribution in [1.29, 1.82) is 0 Å². The Labute approximate surface area is 136 Å². The number of rotatable bonds is 7. The van der Waals surface area contributed by atoms with Crippen LogP contribution in [0.1, 0.15) is 52.4 Å². The second kappa shape index (κ2) is 7.61. The van der Waals surface area contributed by atoms with Crippen LogP contribution >= 0.6 is 0 Å². The lowest BCUT2D eigenvalue weighted by molar-refractivity contribution is 0.000112. The number of hydrogen-bond acceptors (Lipinski definition) is 4. The summed E-state index contributed by atoms with van der Waals surface area (Å²) in [5, 5.41) is 0. The number of likely N-dealkylation sites (tertiary alicyclic amines) is 1. The number of fused-ring (bicyclic) bond motifs is 1. The molecule has 0 aromatic rings. The van der Waals surface area contributed by atoms with Gasteiger partial charge in [-0.2, -0.15) is 0 Å². The SMILES string of the molecule is CC(C)OCC12CCCN1C[C@H](OCCN1CCCCC1)C2. The average molecular weight is 310 g/mol. The second-order valence-corrected chi connectivity index (χ2v) is 7.73. The van der Waals surface area contributed by atoms with Gasteiger partial charge in [0.2, 0.25) is 0 Å². The predicted octanol–water partition coefficient (Wildman–Crippen LogP) is 2.52. The zero-order valence-corrected chi connectivity index (χ0v) is 14.6. The van der Waals surface area contributed by atoms with Gasteiger partial charge in [0.1, 0.15) is 0 Å². The van der Waals surface area contributed by atoms with E-state index in [4.69, 9.17) is 9.47 Å². The van der Waals surface area contributed by atoms with Gasteiger partial charge >= 0.3 is 0 Å². The van der Waals surface area contributed by atoms with E-state index in [1.165, 1.54) is 58.2 Å². The fourth-order valence-electron chi connectivity index (χ4n) is 4.43. The third-order valence-electron chi connectivity index (χ3n) is 5.67. The van der Waals surface area contributed by atoms with Gasteiger partial charge in [-0.05, 0) is 65.6 Å². The Hall–Kier alpha value is -0.160. The lowest BCUT2D eigenvalue weighted by Crippen LogP contribution is -2.43. The summed E-state index contributed by atoms with van der Waals surface area (Å²) in [6.45, 7) is 12.1. The molecule has 4 heteroatoms. The Kier molecular flexibility index (Phi) is 5.77. The highest BCUT2D eigenvalue weighted by molar-refractivity contribution is 5.04. The van der Waals surface area contributed by atoms with Crippen molar-refractivity contribution in [3.8, 4) is 0 Å². The largest absolute Gasteiger partial charge is 0.377 e. The van der Waals surface area contributed by atoms with Crippen LogP contribution in [0.5, 0.6) is 0 Å². The molecule has 3 fully saturated rings. The Morgan fingerprint density at radius 1 is 1.09 bits per heavy atom. The zero-order valence-electron chi connectivity index (χ0n) is 14.6. The maximum Gasteiger partial charge on any atom is 0.0721 e. The molecule has 0 aromatic heterocycles. The lowest BCUT2D eigenvalue weighted by Gasteiger charge is -2.32. The van der Waals surface area contributed by atoms with Crippen LogP contribution in [0.3, 0.4) is 0 Å². The maximum atomic E-state index is 6.24. The number of hydrogen-bond donors (Lipinski definition) is 0. The highest BCUT2D eigenvalue weighted by Crippen LogP contribution is 2.40. The smallest absolute Gasteiger partial charge is 0.0721 e. The second-order valence-electron chi connectivity index (χ2n) is 7.73. The van der Waals surface area contributed by atoms with Gasteiger partial charge in [0.05, 0.1) is 25.4 Å². The number of piperidine rings is 1. The minimum Gasteiger partial charge on any atom is -0.377 e. The Bertz CT molecular complexity index is 344. The molecule has 3 aliphatic heterocycles. The molecule has 0 aliphatic carbocycles. The third kappa shape index (κ3) is 4.02. The standard InChI is InChI=1S/C18H34N2O2/c1-16(2)22-15-18-7-6-10-20(18)14-17(13-18)21-12-11-19-8-4-3-5-9-19/h16-17H,3-15H2,1-2H3/t17-,18?/m1/s1. The first-order valence-corrected chi connectivity index (χ1v) is 9.39. The fraction of sp³-hybridized carbons (Fsp3) is 1.00. The maximum absolute atomic E-state index is 6.24. The zero-order chi connectivity index (χ0) is 15.4. The quantitative estimate of drug-likeness (QED) is 0.721. The van der Waals surface area contributed by atoms with Crippen LogP contribution in [0, 0.1) is 0 Å². The normalized spacial score (nSPS) is 33.7. The number of nitrogens with zero attached hydrogens (tertiary/aromatic N) is 2. The Morgan fingerprint density at radius 2 is 1.91 bits per heavy atom. The summed E-state index contributed by atoms with van der Waals surface area (Å²) in [5.74, 6) is 0. The summed E-state index contributed by atoms with van der Waals surface area (Å²) in [5.41, 5.74) is 0.278. The molecular formula is C18H34N2O2. The van der Waals surface area contributed by atoms with E-state index in [2.05, 4.69) is 23.6 Å². The van der Waals surface area contributed by atoms with Gasteiger partial charge in [-0.25, -0.2) is 0 Å². The van der Waals surface area contributed by atoms with E-state index in [9.17, 15) is 0 Å². The molecule has 2 atom stereocenters. The first-order valence-electron chi connectivity index (χ1n) is 9.39. The van der Waals surface area contributed by atoms with Crippen molar-refractivity contribution in [3.63, 3.8) is 0 Å². The van der Waals surface area contributed by atoms with E-state index >= 15 is 0 Å². The van der Waals surface area contributed by atoms with Gasteiger partial charge in [0.25, 0.3) is 0 Å². The van der Waals surface area contributed by atoms with Gasteiger partial charge in [-0.1, -0.05) is 6.42 Å². The Morgan fingerprint density at radius 3 is 2.68 bits per heavy atom. The first-order chi connectivity index (χ1) is 10.7. The summed E-state index contributed by atoms with van der Waals surface area (Å²) >= 11 is 0. The fourth-order valence-corrected chi connectivity index (χ4v) is 4.43. The molecule has 3 saturated heterocycles. The van der Waals surface area contributed by atoms with Crippen LogP contribution in [0.2, 0.25) is 0 Å². The molecule has 3 heterocycles. The van der Waals surface area contributed by atoms with Gasteiger partial charge in [0, 0.05) is 18.6 Å². The molecule has 3 rings (SSSR count). The molecule has 0 saturated carbocycles. The van der Waals surface area contributed by atoms with Crippen molar-refractivity contribution >= 4 is 0 Å². The summed E-state index contributed by atoms with van der Waals surface area (Å²) < 4.78 is 12.2. The van der Waals surface area contributed by atoms with Crippen molar-refractivity contribution in [1.82, 2.24) is 9.80 Å². The van der Waals surface area contributed by atoms with Gasteiger partial charge in [-0.15, -0.1) is 0 Å². The molecule has 0 N–H and O–H groups in total. The van der Waals surface area contributed by atoms with Gasteiger partial charge in [0.15, 0.2) is 0 Å². The molecule has 3 aliphatic rings. The van der Waals surface area contributed by atoms with Crippen molar-refractivity contribution < 1.29 is 9.47 Å². The molecule has 128 valence electrons. The van der Waals surface area contributed by atoms with Crippen molar-refractivity contribution in [2.75, 3.05) is 45.9 Å². The molecular weight excluding hydrogens is 276 g/mol. The number of ether oxygens (including phenoxy) is 2. The van der Waals surface area contributed by atoms with Crippen LogP contribution in [0.25, 0.3) is 0 Å². The molecule has 0 aromatic carbocycles. The highest BCUT2D eigenvalue weighted by Gasteiger charge is 2.49. The van der Waals surface area contributed by atoms with Crippen LogP contribution in [-0.2, 0) is 9.47 Å². The first kappa shape index (κ1) is 16.7. The van der Waals surface area contributed by atoms with Gasteiger partial charge < -0.3 is 14.4 Å². The molecule has 4 nitrogen and oxygen atoms in total. The van der Waals surface area contributed by atoms with Gasteiger partial charge in [-0.3, -0.25) is 4.90 Å².